The molecule has 0 amide bonds. The summed E-state index contributed by atoms with van der Waals surface area (Å²) in [5, 5.41) is 0. The molecule has 0 aliphatic rings. The Hall–Kier alpha value is 1.14. The third kappa shape index (κ3) is 1.81. The van der Waals surface area contributed by atoms with Crippen LogP contribution in [0.15, 0.2) is 17.9 Å². The van der Waals surface area contributed by atoms with Gasteiger partial charge in [-0.15, -0.1) is 0 Å². The quantitative estimate of drug-likeness (QED) is 0.391. The maximum absolute atomic E-state index is 3.52. The van der Waals surface area contributed by atoms with E-state index < -0.39 is 0 Å². The van der Waals surface area contributed by atoms with E-state index in [1.807, 2.05) is 0 Å². The molecular formula is C8H6Br4. The maximum atomic E-state index is 3.52. The fourth-order valence-corrected chi connectivity index (χ4v) is 3.37. The first kappa shape index (κ1) is 11.2. The second-order valence-electron chi connectivity index (χ2n) is 2.51. The second kappa shape index (κ2) is 4.11. The molecule has 0 fully saturated rings. The van der Waals surface area contributed by atoms with Crippen LogP contribution in [0.5, 0.6) is 0 Å². The largest absolute Gasteiger partial charge is 0.0493 e. The Morgan fingerprint density at radius 1 is 0.583 bits per heavy atom. The van der Waals surface area contributed by atoms with Crippen molar-refractivity contribution in [2.24, 2.45) is 0 Å². The Morgan fingerprint density at radius 2 is 0.833 bits per heavy atom. The minimum atomic E-state index is 1.05. The van der Waals surface area contributed by atoms with E-state index in [0.717, 1.165) is 17.9 Å². The van der Waals surface area contributed by atoms with E-state index in [-0.39, 0.29) is 0 Å². The molecule has 0 unspecified atom stereocenters. The highest BCUT2D eigenvalue weighted by Crippen LogP contribution is 2.41. The monoisotopic (exact) mass is 418 g/mol. The normalized spacial score (nSPS) is 10.5. The van der Waals surface area contributed by atoms with E-state index in [1.54, 1.807) is 0 Å². The van der Waals surface area contributed by atoms with Gasteiger partial charge in [0.2, 0.25) is 0 Å². The topological polar surface area (TPSA) is 0 Å². The van der Waals surface area contributed by atoms with Gasteiger partial charge in [0.05, 0.1) is 0 Å². The lowest BCUT2D eigenvalue weighted by Gasteiger charge is -2.10. The van der Waals surface area contributed by atoms with Crippen LogP contribution in [-0.2, 0) is 0 Å². The Morgan fingerprint density at radius 3 is 1.08 bits per heavy atom. The van der Waals surface area contributed by atoms with Crippen LogP contribution in [0.25, 0.3) is 0 Å². The SMILES string of the molecule is Cc1c(C)c(Br)c(Br)c(Br)c1Br. The van der Waals surface area contributed by atoms with Crippen LogP contribution in [0.4, 0.5) is 0 Å². The number of hydrogen-bond donors (Lipinski definition) is 0. The number of halogens is 4. The molecule has 0 saturated carbocycles. The second-order valence-corrected chi connectivity index (χ2v) is 5.68. The maximum Gasteiger partial charge on any atom is 0.0473 e. The first-order valence-corrected chi connectivity index (χ1v) is 6.43. The van der Waals surface area contributed by atoms with Crippen molar-refractivity contribution in [2.75, 3.05) is 0 Å². The highest BCUT2D eigenvalue weighted by molar-refractivity contribution is 9.15. The summed E-state index contributed by atoms with van der Waals surface area (Å²) in [7, 11) is 0. The van der Waals surface area contributed by atoms with Gasteiger partial charge in [0.1, 0.15) is 0 Å². The smallest absolute Gasteiger partial charge is 0.0473 e. The van der Waals surface area contributed by atoms with Gasteiger partial charge in [0, 0.05) is 17.9 Å². The van der Waals surface area contributed by atoms with E-state index in [9.17, 15) is 0 Å². The molecule has 0 heterocycles. The van der Waals surface area contributed by atoms with E-state index in [0.29, 0.717) is 0 Å². The van der Waals surface area contributed by atoms with E-state index >= 15 is 0 Å². The van der Waals surface area contributed by atoms with E-state index in [4.69, 9.17) is 0 Å². The summed E-state index contributed by atoms with van der Waals surface area (Å²) >= 11 is 14.0. The molecule has 0 N–H and O–H groups in total. The lowest BCUT2D eigenvalue weighted by atomic mass is 10.1. The van der Waals surface area contributed by atoms with Crippen LogP contribution in [0.1, 0.15) is 11.1 Å². The minimum Gasteiger partial charge on any atom is -0.0493 e. The molecule has 1 aromatic carbocycles. The van der Waals surface area contributed by atoms with Crippen molar-refractivity contribution in [1.29, 1.82) is 0 Å². The Kier molecular flexibility index (Phi) is 3.84. The van der Waals surface area contributed by atoms with Crippen LogP contribution >= 0.6 is 63.7 Å². The first-order chi connectivity index (χ1) is 5.46. The summed E-state index contributed by atoms with van der Waals surface area (Å²) in [4.78, 5) is 0. The summed E-state index contributed by atoms with van der Waals surface area (Å²) in [6.45, 7) is 4.17. The molecule has 0 atom stereocenters. The number of hydrogen-bond acceptors (Lipinski definition) is 0. The molecule has 0 aliphatic carbocycles. The molecule has 0 radical (unpaired) electrons. The van der Waals surface area contributed by atoms with Crippen LogP contribution in [-0.4, -0.2) is 0 Å². The van der Waals surface area contributed by atoms with Crippen LogP contribution < -0.4 is 0 Å². The molecule has 66 valence electrons. The van der Waals surface area contributed by atoms with Gasteiger partial charge >= 0.3 is 0 Å². The van der Waals surface area contributed by atoms with Crippen molar-refractivity contribution >= 4 is 63.7 Å². The highest BCUT2D eigenvalue weighted by Gasteiger charge is 2.12. The van der Waals surface area contributed by atoms with Crippen molar-refractivity contribution in [3.05, 3.63) is 29.0 Å². The van der Waals surface area contributed by atoms with Gasteiger partial charge in [0.25, 0.3) is 0 Å². The van der Waals surface area contributed by atoms with Crippen molar-refractivity contribution in [1.82, 2.24) is 0 Å². The van der Waals surface area contributed by atoms with Crippen molar-refractivity contribution < 1.29 is 0 Å². The number of benzene rings is 1. The average Bonchev–Trinajstić information content (AvgIpc) is 2.08. The molecule has 0 nitrogen and oxygen atoms in total. The van der Waals surface area contributed by atoms with Crippen molar-refractivity contribution in [3.8, 4) is 0 Å². The molecule has 0 saturated heterocycles. The molecule has 12 heavy (non-hydrogen) atoms. The standard InChI is InChI=1S/C8H6Br4/c1-3-4(2)6(10)8(12)7(11)5(3)9/h1-2H3. The van der Waals surface area contributed by atoms with Gasteiger partial charge in [-0.1, -0.05) is 0 Å². The molecule has 0 spiro atoms. The zero-order valence-electron chi connectivity index (χ0n) is 6.51. The first-order valence-electron chi connectivity index (χ1n) is 3.26. The zero-order chi connectivity index (χ0) is 9.46. The molecular weight excluding hydrogens is 416 g/mol. The van der Waals surface area contributed by atoms with Gasteiger partial charge in [-0.2, -0.15) is 0 Å². The summed E-state index contributed by atoms with van der Waals surface area (Å²) < 4.78 is 4.32. The summed E-state index contributed by atoms with van der Waals surface area (Å²) in [5.74, 6) is 0. The third-order valence-electron chi connectivity index (χ3n) is 1.80. The summed E-state index contributed by atoms with van der Waals surface area (Å²) in [6.07, 6.45) is 0. The average molecular weight is 422 g/mol. The fourth-order valence-electron chi connectivity index (χ4n) is 0.851. The van der Waals surface area contributed by atoms with Gasteiger partial charge in [-0.05, 0) is 88.7 Å². The van der Waals surface area contributed by atoms with Crippen molar-refractivity contribution in [2.45, 2.75) is 13.8 Å². The van der Waals surface area contributed by atoms with Crippen LogP contribution in [0, 0.1) is 13.8 Å². The number of rotatable bonds is 0. The fraction of sp³-hybridized carbons (Fsp3) is 0.250. The Labute approximate surface area is 106 Å². The molecule has 4 heteroatoms. The highest BCUT2D eigenvalue weighted by atomic mass is 79.9. The van der Waals surface area contributed by atoms with E-state index in [1.165, 1.54) is 11.1 Å². The predicted octanol–water partition coefficient (Wildman–Crippen LogP) is 5.35. The summed E-state index contributed by atoms with van der Waals surface area (Å²) in [5.41, 5.74) is 2.49. The van der Waals surface area contributed by atoms with E-state index in [2.05, 4.69) is 77.6 Å². The van der Waals surface area contributed by atoms with Gasteiger partial charge in [-0.25, -0.2) is 0 Å². The third-order valence-corrected chi connectivity index (χ3v) is 6.96. The van der Waals surface area contributed by atoms with Gasteiger partial charge < -0.3 is 0 Å². The molecule has 0 aliphatic heterocycles. The van der Waals surface area contributed by atoms with Crippen LogP contribution in [0.3, 0.4) is 0 Å². The van der Waals surface area contributed by atoms with Crippen LogP contribution in [0.2, 0.25) is 0 Å². The molecule has 1 rings (SSSR count). The zero-order valence-corrected chi connectivity index (χ0v) is 12.9. The molecule has 0 bridgehead atoms. The lowest BCUT2D eigenvalue weighted by molar-refractivity contribution is 1.26. The lowest BCUT2D eigenvalue weighted by Crippen LogP contribution is -1.88. The molecule has 1 aromatic rings. The predicted molar refractivity (Wildman–Crippen MR) is 66.7 cm³/mol. The minimum absolute atomic E-state index is 1.05. The Bertz CT molecular complexity index is 225. The van der Waals surface area contributed by atoms with Gasteiger partial charge in [-0.3, -0.25) is 0 Å². The Balaban J connectivity index is 3.60. The van der Waals surface area contributed by atoms with Gasteiger partial charge in [0.15, 0.2) is 0 Å². The van der Waals surface area contributed by atoms with Crippen molar-refractivity contribution in [3.63, 3.8) is 0 Å². The molecule has 0 aromatic heterocycles. The summed E-state index contributed by atoms with van der Waals surface area (Å²) in [6, 6.07) is 0.